The topological polar surface area (TPSA) is 0 Å². The lowest BCUT2D eigenvalue weighted by atomic mass is 10.1. The van der Waals surface area contributed by atoms with E-state index in [4.69, 9.17) is 0 Å². The van der Waals surface area contributed by atoms with Crippen molar-refractivity contribution in [1.29, 1.82) is 0 Å². The molecule has 0 aromatic carbocycles. The Morgan fingerprint density at radius 3 is 2.56 bits per heavy atom. The van der Waals surface area contributed by atoms with Crippen LogP contribution in [0.25, 0.3) is 0 Å². The third-order valence-corrected chi connectivity index (χ3v) is 1.18. The molecule has 0 aromatic heterocycles. The zero-order valence-corrected chi connectivity index (χ0v) is 6.43. The Morgan fingerprint density at radius 1 is 1.44 bits per heavy atom. The summed E-state index contributed by atoms with van der Waals surface area (Å²) in [7, 11) is 0. The van der Waals surface area contributed by atoms with Crippen LogP contribution in [-0.4, -0.2) is 0 Å². The Morgan fingerprint density at radius 2 is 2.11 bits per heavy atom. The van der Waals surface area contributed by atoms with Gasteiger partial charge in [0.1, 0.15) is 0 Å². The minimum Gasteiger partial charge on any atom is -0.0991 e. The molecule has 0 aliphatic carbocycles. The Balaban J connectivity index is 3.08. The van der Waals surface area contributed by atoms with Crippen molar-refractivity contribution in [3.8, 4) is 0 Å². The highest BCUT2D eigenvalue weighted by atomic mass is 13.9. The van der Waals surface area contributed by atoms with Crippen LogP contribution in [0.3, 0.4) is 0 Å². The van der Waals surface area contributed by atoms with Crippen LogP contribution < -0.4 is 0 Å². The fraction of sp³-hybridized carbons (Fsp3) is 0.556. The van der Waals surface area contributed by atoms with E-state index in [9.17, 15) is 0 Å². The van der Waals surface area contributed by atoms with Crippen molar-refractivity contribution in [3.63, 3.8) is 0 Å². The summed E-state index contributed by atoms with van der Waals surface area (Å²) >= 11 is 0. The number of allylic oxidation sites excluding steroid dienone is 3. The summed E-state index contributed by atoms with van der Waals surface area (Å²) in [5.41, 5.74) is 0. The van der Waals surface area contributed by atoms with Crippen LogP contribution in [0.1, 0.15) is 26.7 Å². The fourth-order valence-corrected chi connectivity index (χ4v) is 0.622. The van der Waals surface area contributed by atoms with Gasteiger partial charge in [-0.2, -0.15) is 0 Å². The summed E-state index contributed by atoms with van der Waals surface area (Å²) in [6.07, 6.45) is 8.45. The van der Waals surface area contributed by atoms with Crippen LogP contribution in [0.5, 0.6) is 0 Å². The molecule has 0 N–H and O–H groups in total. The van der Waals surface area contributed by atoms with Crippen LogP contribution in [0.4, 0.5) is 0 Å². The Bertz CT molecular complexity index is 88.2. The molecule has 52 valence electrons. The van der Waals surface area contributed by atoms with E-state index < -0.39 is 0 Å². The van der Waals surface area contributed by atoms with Crippen LogP contribution in [0, 0.1) is 5.92 Å². The van der Waals surface area contributed by atoms with Crippen molar-refractivity contribution >= 4 is 0 Å². The second-order valence-electron chi connectivity index (χ2n) is 2.64. The van der Waals surface area contributed by atoms with Gasteiger partial charge in [-0.25, -0.2) is 0 Å². The minimum atomic E-state index is 0.819. The third-order valence-electron chi connectivity index (χ3n) is 1.18. The summed E-state index contributed by atoms with van der Waals surface area (Å²) < 4.78 is 0. The van der Waals surface area contributed by atoms with Gasteiger partial charge >= 0.3 is 0 Å². The molecule has 0 radical (unpaired) electrons. The molecule has 0 saturated heterocycles. The maximum atomic E-state index is 3.59. The third kappa shape index (κ3) is 7.48. The predicted octanol–water partition coefficient (Wildman–Crippen LogP) is 3.16. The van der Waals surface area contributed by atoms with Crippen molar-refractivity contribution in [1.82, 2.24) is 0 Å². The van der Waals surface area contributed by atoms with E-state index in [1.165, 1.54) is 12.8 Å². The van der Waals surface area contributed by atoms with Crippen molar-refractivity contribution in [3.05, 3.63) is 24.8 Å². The molecule has 0 aliphatic rings. The lowest BCUT2D eigenvalue weighted by Crippen LogP contribution is -1.83. The molecule has 9 heavy (non-hydrogen) atoms. The quantitative estimate of drug-likeness (QED) is 0.505. The van der Waals surface area contributed by atoms with Gasteiger partial charge in [-0.3, -0.25) is 0 Å². The van der Waals surface area contributed by atoms with Crippen LogP contribution in [0.15, 0.2) is 24.8 Å². The van der Waals surface area contributed by atoms with E-state index in [1.54, 1.807) is 0 Å². The molecule has 0 unspecified atom stereocenters. The molecule has 0 nitrogen and oxygen atoms in total. The normalized spacial score (nSPS) is 11.0. The molecule has 0 amide bonds. The van der Waals surface area contributed by atoms with Crippen LogP contribution in [0.2, 0.25) is 0 Å². The standard InChI is InChI=1S/C9H16/c1-4-5-6-7-8-9(2)3/h4-6,9H,1,7-8H2,2-3H3/b6-5+. The van der Waals surface area contributed by atoms with Gasteiger partial charge < -0.3 is 0 Å². The van der Waals surface area contributed by atoms with Gasteiger partial charge in [0, 0.05) is 0 Å². The molecule has 0 atom stereocenters. The number of rotatable bonds is 4. The second-order valence-corrected chi connectivity index (χ2v) is 2.64. The maximum absolute atomic E-state index is 3.59. The van der Waals surface area contributed by atoms with Crippen LogP contribution >= 0.6 is 0 Å². The molecule has 0 heteroatoms. The minimum absolute atomic E-state index is 0.819. The zero-order valence-electron chi connectivity index (χ0n) is 6.43. The molecule has 0 saturated carbocycles. The number of hydrogen-bond donors (Lipinski definition) is 0. The first-order chi connectivity index (χ1) is 4.27. The highest BCUT2D eigenvalue weighted by Gasteiger charge is 1.87. The molecule has 0 spiro atoms. The van der Waals surface area contributed by atoms with Crippen molar-refractivity contribution < 1.29 is 0 Å². The van der Waals surface area contributed by atoms with Gasteiger partial charge in [0.05, 0.1) is 0 Å². The molecule has 0 fully saturated rings. The van der Waals surface area contributed by atoms with E-state index in [2.05, 4.69) is 26.5 Å². The average Bonchev–Trinajstić information content (AvgIpc) is 1.80. The lowest BCUT2D eigenvalue weighted by Gasteiger charge is -1.97. The highest BCUT2D eigenvalue weighted by molar-refractivity contribution is 4.96. The Kier molecular flexibility index (Phi) is 5.29. The summed E-state index contributed by atoms with van der Waals surface area (Å²) in [6.45, 7) is 8.07. The molecule has 0 heterocycles. The predicted molar refractivity (Wildman–Crippen MR) is 43.4 cm³/mol. The molecular weight excluding hydrogens is 108 g/mol. The molecule has 0 bridgehead atoms. The monoisotopic (exact) mass is 124 g/mol. The van der Waals surface area contributed by atoms with Gasteiger partial charge in [0.2, 0.25) is 0 Å². The van der Waals surface area contributed by atoms with E-state index in [-0.39, 0.29) is 0 Å². The summed E-state index contributed by atoms with van der Waals surface area (Å²) in [6, 6.07) is 0. The zero-order chi connectivity index (χ0) is 7.11. The first-order valence-electron chi connectivity index (χ1n) is 3.55. The average molecular weight is 124 g/mol. The number of hydrogen-bond acceptors (Lipinski definition) is 0. The van der Waals surface area contributed by atoms with Gasteiger partial charge in [-0.05, 0) is 18.8 Å². The fourth-order valence-electron chi connectivity index (χ4n) is 0.622. The molecule has 0 aliphatic heterocycles. The van der Waals surface area contributed by atoms with E-state index >= 15 is 0 Å². The van der Waals surface area contributed by atoms with E-state index in [0.29, 0.717) is 0 Å². The first-order valence-corrected chi connectivity index (χ1v) is 3.55. The molecular formula is C9H16. The smallest absolute Gasteiger partial charge is 0.0345 e. The van der Waals surface area contributed by atoms with Gasteiger partial charge in [-0.15, -0.1) is 0 Å². The van der Waals surface area contributed by atoms with E-state index in [0.717, 1.165) is 5.92 Å². The molecule has 0 rings (SSSR count). The first kappa shape index (κ1) is 8.48. The second kappa shape index (κ2) is 5.61. The SMILES string of the molecule is C=C/C=C/CCC(C)C. The Hall–Kier alpha value is -0.520. The van der Waals surface area contributed by atoms with Gasteiger partial charge in [0.15, 0.2) is 0 Å². The Labute approximate surface area is 58.3 Å². The van der Waals surface area contributed by atoms with Crippen molar-refractivity contribution in [2.45, 2.75) is 26.7 Å². The summed E-state index contributed by atoms with van der Waals surface area (Å²) in [4.78, 5) is 0. The van der Waals surface area contributed by atoms with E-state index in [1.807, 2.05) is 12.2 Å². The van der Waals surface area contributed by atoms with Crippen molar-refractivity contribution in [2.75, 3.05) is 0 Å². The van der Waals surface area contributed by atoms with Gasteiger partial charge in [0.25, 0.3) is 0 Å². The lowest BCUT2D eigenvalue weighted by molar-refractivity contribution is 0.594. The van der Waals surface area contributed by atoms with Crippen LogP contribution in [-0.2, 0) is 0 Å². The summed E-state index contributed by atoms with van der Waals surface area (Å²) in [5.74, 6) is 0.819. The largest absolute Gasteiger partial charge is 0.0991 e. The molecule has 0 aromatic rings. The summed E-state index contributed by atoms with van der Waals surface area (Å²) in [5, 5.41) is 0. The maximum Gasteiger partial charge on any atom is -0.0345 e. The highest BCUT2D eigenvalue weighted by Crippen LogP contribution is 2.03. The van der Waals surface area contributed by atoms with Gasteiger partial charge in [-0.1, -0.05) is 38.7 Å². The van der Waals surface area contributed by atoms with Crippen molar-refractivity contribution in [2.24, 2.45) is 5.92 Å².